The molecule has 2 heterocycles. The molecule has 0 unspecified atom stereocenters. The first kappa shape index (κ1) is 13.6. The van der Waals surface area contributed by atoms with Gasteiger partial charge in [0.15, 0.2) is 5.76 Å². The second-order valence-corrected chi connectivity index (χ2v) is 6.16. The maximum Gasteiger partial charge on any atom is 0.290 e. The van der Waals surface area contributed by atoms with Gasteiger partial charge in [-0.05, 0) is 32.0 Å². The van der Waals surface area contributed by atoms with Crippen LogP contribution in [-0.4, -0.2) is 36.5 Å². The fourth-order valence-electron chi connectivity index (χ4n) is 2.67. The van der Waals surface area contributed by atoms with Crippen LogP contribution in [0.15, 0.2) is 27.1 Å². The van der Waals surface area contributed by atoms with Crippen LogP contribution in [0.5, 0.6) is 0 Å². The Kier molecular flexibility index (Phi) is 3.56. The standard InChI is InChI=1S/C15H17BrN2O2/c1-9-8-17-5-6-18(9)15(19)14-10(2)12-7-11(16)3-4-13(12)20-14/h3-4,7,9,17H,5-6,8H2,1-2H3/t9-/m0/s1. The number of carbonyl (C=O) groups excluding carboxylic acids is 1. The molecule has 2 aromatic rings. The predicted molar refractivity (Wildman–Crippen MR) is 82.0 cm³/mol. The zero-order valence-corrected chi connectivity index (χ0v) is 13.2. The fraction of sp³-hybridized carbons (Fsp3) is 0.400. The van der Waals surface area contributed by atoms with E-state index in [0.29, 0.717) is 5.76 Å². The molecule has 0 spiro atoms. The minimum absolute atomic E-state index is 0.0103. The first-order valence-corrected chi connectivity index (χ1v) is 7.57. The zero-order chi connectivity index (χ0) is 14.3. The van der Waals surface area contributed by atoms with Crippen molar-refractivity contribution >= 4 is 32.8 Å². The third-order valence-electron chi connectivity index (χ3n) is 3.85. The van der Waals surface area contributed by atoms with Crippen molar-refractivity contribution < 1.29 is 9.21 Å². The van der Waals surface area contributed by atoms with Crippen LogP contribution in [0.2, 0.25) is 0 Å². The SMILES string of the molecule is Cc1c(C(=O)N2CCNC[C@@H]2C)oc2ccc(Br)cc12. The highest BCUT2D eigenvalue weighted by Crippen LogP contribution is 2.29. The summed E-state index contributed by atoms with van der Waals surface area (Å²) in [6.45, 7) is 6.38. The Labute approximate surface area is 126 Å². The van der Waals surface area contributed by atoms with E-state index in [0.717, 1.165) is 40.6 Å². The van der Waals surface area contributed by atoms with Gasteiger partial charge in [-0.15, -0.1) is 0 Å². The summed E-state index contributed by atoms with van der Waals surface area (Å²) >= 11 is 3.45. The molecule has 1 N–H and O–H groups in total. The number of piperazine rings is 1. The zero-order valence-electron chi connectivity index (χ0n) is 11.6. The predicted octanol–water partition coefficient (Wildman–Crippen LogP) is 2.94. The molecule has 1 fully saturated rings. The summed E-state index contributed by atoms with van der Waals surface area (Å²) in [5, 5.41) is 4.28. The molecule has 1 amide bonds. The number of rotatable bonds is 1. The fourth-order valence-corrected chi connectivity index (χ4v) is 3.03. The average Bonchev–Trinajstić information content (AvgIpc) is 2.76. The van der Waals surface area contributed by atoms with Crippen LogP contribution in [0.3, 0.4) is 0 Å². The molecule has 0 aliphatic carbocycles. The van der Waals surface area contributed by atoms with Gasteiger partial charge in [0.2, 0.25) is 0 Å². The van der Waals surface area contributed by atoms with Gasteiger partial charge < -0.3 is 14.6 Å². The normalized spacial score (nSPS) is 19.6. The lowest BCUT2D eigenvalue weighted by molar-refractivity contribution is 0.0624. The molecule has 0 radical (unpaired) electrons. The van der Waals surface area contributed by atoms with E-state index in [1.807, 2.05) is 30.0 Å². The van der Waals surface area contributed by atoms with Crippen molar-refractivity contribution in [3.8, 4) is 0 Å². The van der Waals surface area contributed by atoms with E-state index in [1.165, 1.54) is 0 Å². The summed E-state index contributed by atoms with van der Waals surface area (Å²) in [6.07, 6.45) is 0. The molecule has 1 aliphatic rings. The smallest absolute Gasteiger partial charge is 0.290 e. The number of nitrogens with zero attached hydrogens (tertiary/aromatic N) is 1. The van der Waals surface area contributed by atoms with Crippen molar-refractivity contribution in [2.45, 2.75) is 19.9 Å². The summed E-state index contributed by atoms with van der Waals surface area (Å²) in [4.78, 5) is 14.6. The molecular weight excluding hydrogens is 320 g/mol. The largest absolute Gasteiger partial charge is 0.451 e. The van der Waals surface area contributed by atoms with Crippen LogP contribution < -0.4 is 5.32 Å². The molecule has 106 valence electrons. The second kappa shape index (κ2) is 5.22. The Morgan fingerprint density at radius 1 is 1.50 bits per heavy atom. The quantitative estimate of drug-likeness (QED) is 0.870. The Morgan fingerprint density at radius 3 is 3.05 bits per heavy atom. The Morgan fingerprint density at radius 2 is 2.30 bits per heavy atom. The highest BCUT2D eigenvalue weighted by molar-refractivity contribution is 9.10. The number of fused-ring (bicyclic) bond motifs is 1. The van der Waals surface area contributed by atoms with Gasteiger partial charge in [0.25, 0.3) is 5.91 Å². The maximum atomic E-state index is 12.7. The van der Waals surface area contributed by atoms with Crippen LogP contribution in [0.1, 0.15) is 23.0 Å². The molecule has 20 heavy (non-hydrogen) atoms. The average molecular weight is 337 g/mol. The molecule has 1 aromatic carbocycles. The van der Waals surface area contributed by atoms with Gasteiger partial charge in [0.05, 0.1) is 0 Å². The maximum absolute atomic E-state index is 12.7. The molecule has 0 saturated carbocycles. The van der Waals surface area contributed by atoms with Crippen molar-refractivity contribution in [1.82, 2.24) is 10.2 Å². The lowest BCUT2D eigenvalue weighted by Crippen LogP contribution is -2.52. The van der Waals surface area contributed by atoms with Crippen molar-refractivity contribution in [1.29, 1.82) is 0 Å². The number of amides is 1. The highest BCUT2D eigenvalue weighted by atomic mass is 79.9. The van der Waals surface area contributed by atoms with Crippen LogP contribution in [0.4, 0.5) is 0 Å². The number of hydrogen-bond donors (Lipinski definition) is 1. The molecule has 1 saturated heterocycles. The summed E-state index contributed by atoms with van der Waals surface area (Å²) in [5.74, 6) is 0.454. The van der Waals surface area contributed by atoms with Gasteiger partial charge in [-0.25, -0.2) is 0 Å². The summed E-state index contributed by atoms with van der Waals surface area (Å²) in [5.41, 5.74) is 1.67. The molecule has 1 aliphatic heterocycles. The number of furan rings is 1. The van der Waals surface area contributed by atoms with Gasteiger partial charge in [-0.2, -0.15) is 0 Å². The van der Waals surface area contributed by atoms with Gasteiger partial charge in [-0.3, -0.25) is 4.79 Å². The Balaban J connectivity index is 2.01. The monoisotopic (exact) mass is 336 g/mol. The van der Waals surface area contributed by atoms with E-state index in [1.54, 1.807) is 0 Å². The van der Waals surface area contributed by atoms with Crippen molar-refractivity contribution in [3.05, 3.63) is 34.0 Å². The summed E-state index contributed by atoms with van der Waals surface area (Å²) in [7, 11) is 0. The summed E-state index contributed by atoms with van der Waals surface area (Å²) in [6, 6.07) is 6.00. The molecular formula is C15H17BrN2O2. The van der Waals surface area contributed by atoms with Gasteiger partial charge >= 0.3 is 0 Å². The molecule has 5 heteroatoms. The van der Waals surface area contributed by atoms with Gasteiger partial charge in [0.1, 0.15) is 5.58 Å². The van der Waals surface area contributed by atoms with Crippen LogP contribution in [-0.2, 0) is 0 Å². The lowest BCUT2D eigenvalue weighted by Gasteiger charge is -2.33. The molecule has 1 atom stereocenters. The van der Waals surface area contributed by atoms with Crippen molar-refractivity contribution in [2.24, 2.45) is 0 Å². The van der Waals surface area contributed by atoms with Gasteiger partial charge in [-0.1, -0.05) is 15.9 Å². The van der Waals surface area contributed by atoms with Crippen molar-refractivity contribution in [3.63, 3.8) is 0 Å². The van der Waals surface area contributed by atoms with Crippen LogP contribution in [0, 0.1) is 6.92 Å². The molecule has 4 nitrogen and oxygen atoms in total. The van der Waals surface area contributed by atoms with E-state index < -0.39 is 0 Å². The third-order valence-corrected chi connectivity index (χ3v) is 4.35. The van der Waals surface area contributed by atoms with Crippen LogP contribution >= 0.6 is 15.9 Å². The molecule has 0 bridgehead atoms. The van der Waals surface area contributed by atoms with E-state index in [2.05, 4.69) is 28.2 Å². The lowest BCUT2D eigenvalue weighted by atomic mass is 10.1. The van der Waals surface area contributed by atoms with E-state index in [9.17, 15) is 4.79 Å². The van der Waals surface area contributed by atoms with E-state index >= 15 is 0 Å². The third kappa shape index (κ3) is 2.25. The summed E-state index contributed by atoms with van der Waals surface area (Å²) < 4.78 is 6.77. The van der Waals surface area contributed by atoms with E-state index in [-0.39, 0.29) is 11.9 Å². The number of aryl methyl sites for hydroxylation is 1. The molecule has 3 rings (SSSR count). The molecule has 1 aromatic heterocycles. The first-order chi connectivity index (χ1) is 9.58. The topological polar surface area (TPSA) is 45.5 Å². The number of nitrogens with one attached hydrogen (secondary N) is 1. The Bertz CT molecular complexity index is 665. The first-order valence-electron chi connectivity index (χ1n) is 6.78. The number of halogens is 1. The minimum atomic E-state index is -0.0103. The van der Waals surface area contributed by atoms with Gasteiger partial charge in [0, 0.05) is 41.1 Å². The number of hydrogen-bond acceptors (Lipinski definition) is 3. The van der Waals surface area contributed by atoms with E-state index in [4.69, 9.17) is 4.42 Å². The number of benzene rings is 1. The highest BCUT2D eigenvalue weighted by Gasteiger charge is 2.28. The minimum Gasteiger partial charge on any atom is -0.451 e. The number of carbonyl (C=O) groups is 1. The Hall–Kier alpha value is -1.33. The van der Waals surface area contributed by atoms with Crippen LogP contribution in [0.25, 0.3) is 11.0 Å². The second-order valence-electron chi connectivity index (χ2n) is 5.25. The van der Waals surface area contributed by atoms with Crippen molar-refractivity contribution in [2.75, 3.05) is 19.6 Å².